The first-order valence-electron chi connectivity index (χ1n) is 12.5. The molecule has 178 valence electrons. The van der Waals surface area contributed by atoms with Gasteiger partial charge in [0.1, 0.15) is 12.4 Å². The van der Waals surface area contributed by atoms with E-state index in [1.807, 2.05) is 24.3 Å². The second-order valence-corrected chi connectivity index (χ2v) is 9.29. The van der Waals surface area contributed by atoms with Gasteiger partial charge in [-0.3, -0.25) is 4.79 Å². The van der Waals surface area contributed by atoms with Gasteiger partial charge in [-0.25, -0.2) is 0 Å². The first kappa shape index (κ1) is 23.8. The van der Waals surface area contributed by atoms with Gasteiger partial charge in [-0.15, -0.1) is 0 Å². The average molecular weight is 452 g/mol. The molecule has 2 aromatic carbocycles. The topological polar surface area (TPSA) is 56.8 Å². The Morgan fingerprint density at radius 2 is 1.94 bits per heavy atom. The maximum absolute atomic E-state index is 12.8. The summed E-state index contributed by atoms with van der Waals surface area (Å²) in [6, 6.07) is 14.5. The summed E-state index contributed by atoms with van der Waals surface area (Å²) < 4.78 is 16.5. The first-order valence-corrected chi connectivity index (χ1v) is 12.5. The zero-order chi connectivity index (χ0) is 22.9. The normalized spacial score (nSPS) is 19.8. The minimum absolute atomic E-state index is 0.0122. The molecule has 0 aromatic heterocycles. The van der Waals surface area contributed by atoms with E-state index in [-0.39, 0.29) is 18.1 Å². The van der Waals surface area contributed by atoms with Crippen LogP contribution in [0.1, 0.15) is 65.6 Å². The SMILES string of the molecule is COCCCCCc1ccc2c(c1)CC[C@H](NC(=O)c1ccc(OC[C@@H]3CCCO3)cc1)C2. The molecule has 0 spiro atoms. The van der Waals surface area contributed by atoms with Crippen molar-refractivity contribution in [3.8, 4) is 5.75 Å². The van der Waals surface area contributed by atoms with Crippen LogP contribution < -0.4 is 10.1 Å². The molecular formula is C28H37NO4. The lowest BCUT2D eigenvalue weighted by molar-refractivity contribution is 0.0679. The third kappa shape index (κ3) is 7.05. The molecule has 1 heterocycles. The van der Waals surface area contributed by atoms with Gasteiger partial charge in [-0.2, -0.15) is 0 Å². The Bertz CT molecular complexity index is 889. The van der Waals surface area contributed by atoms with E-state index in [1.165, 1.54) is 29.5 Å². The molecule has 33 heavy (non-hydrogen) atoms. The highest BCUT2D eigenvalue weighted by molar-refractivity contribution is 5.94. The Labute approximate surface area is 197 Å². The minimum atomic E-state index is -0.0122. The maximum atomic E-state index is 12.8. The third-order valence-electron chi connectivity index (χ3n) is 6.72. The van der Waals surface area contributed by atoms with Crippen LogP contribution >= 0.6 is 0 Å². The molecule has 1 fully saturated rings. The lowest BCUT2D eigenvalue weighted by Crippen LogP contribution is -2.38. The highest BCUT2D eigenvalue weighted by Gasteiger charge is 2.21. The summed E-state index contributed by atoms with van der Waals surface area (Å²) in [4.78, 5) is 12.8. The number of hydrogen-bond donors (Lipinski definition) is 1. The molecule has 0 unspecified atom stereocenters. The summed E-state index contributed by atoms with van der Waals surface area (Å²) in [5.74, 6) is 0.768. The van der Waals surface area contributed by atoms with E-state index in [9.17, 15) is 4.79 Å². The van der Waals surface area contributed by atoms with Gasteiger partial charge in [0.05, 0.1) is 6.10 Å². The van der Waals surface area contributed by atoms with Crippen LogP contribution in [-0.4, -0.2) is 45.0 Å². The third-order valence-corrected chi connectivity index (χ3v) is 6.72. The van der Waals surface area contributed by atoms with Gasteiger partial charge in [-0.05, 0) is 92.3 Å². The van der Waals surface area contributed by atoms with Gasteiger partial charge in [0, 0.05) is 31.9 Å². The number of ether oxygens (including phenoxy) is 3. The molecule has 0 saturated carbocycles. The zero-order valence-corrected chi connectivity index (χ0v) is 19.8. The summed E-state index contributed by atoms with van der Waals surface area (Å²) >= 11 is 0. The number of carbonyl (C=O) groups excluding carboxylic acids is 1. The van der Waals surface area contributed by atoms with Crippen molar-refractivity contribution >= 4 is 5.91 Å². The van der Waals surface area contributed by atoms with Gasteiger partial charge in [0.15, 0.2) is 0 Å². The summed E-state index contributed by atoms with van der Waals surface area (Å²) in [7, 11) is 1.76. The van der Waals surface area contributed by atoms with Gasteiger partial charge >= 0.3 is 0 Å². The number of aryl methyl sites for hydroxylation is 2. The van der Waals surface area contributed by atoms with E-state index in [4.69, 9.17) is 14.2 Å². The molecule has 0 bridgehead atoms. The van der Waals surface area contributed by atoms with E-state index in [2.05, 4.69) is 23.5 Å². The Morgan fingerprint density at radius 1 is 1.06 bits per heavy atom. The minimum Gasteiger partial charge on any atom is -0.491 e. The van der Waals surface area contributed by atoms with E-state index in [0.717, 1.165) is 63.9 Å². The fourth-order valence-electron chi connectivity index (χ4n) is 4.78. The molecule has 1 aliphatic carbocycles. The van der Waals surface area contributed by atoms with Crippen molar-refractivity contribution in [1.29, 1.82) is 0 Å². The van der Waals surface area contributed by atoms with Crippen LogP contribution in [0.25, 0.3) is 0 Å². The van der Waals surface area contributed by atoms with Crippen molar-refractivity contribution in [2.24, 2.45) is 0 Å². The van der Waals surface area contributed by atoms with Crippen LogP contribution in [0.3, 0.4) is 0 Å². The van der Waals surface area contributed by atoms with Crippen LogP contribution in [0.2, 0.25) is 0 Å². The number of hydrogen-bond acceptors (Lipinski definition) is 4. The Kier molecular flexibility index (Phi) is 8.79. The van der Waals surface area contributed by atoms with Crippen LogP contribution in [-0.2, 0) is 28.7 Å². The molecule has 1 aliphatic heterocycles. The summed E-state index contributed by atoms with van der Waals surface area (Å²) in [6.45, 7) is 2.25. The van der Waals surface area contributed by atoms with E-state index < -0.39 is 0 Å². The molecule has 0 radical (unpaired) electrons. The average Bonchev–Trinajstić information content (AvgIpc) is 3.37. The van der Waals surface area contributed by atoms with Crippen LogP contribution in [0.15, 0.2) is 42.5 Å². The lowest BCUT2D eigenvalue weighted by atomic mass is 9.86. The van der Waals surface area contributed by atoms with Crippen molar-refractivity contribution in [3.63, 3.8) is 0 Å². The monoisotopic (exact) mass is 451 g/mol. The molecular weight excluding hydrogens is 414 g/mol. The number of methoxy groups -OCH3 is 1. The number of fused-ring (bicyclic) bond motifs is 1. The van der Waals surface area contributed by atoms with Crippen molar-refractivity contribution in [2.45, 2.75) is 69.9 Å². The molecule has 2 aliphatic rings. The summed E-state index contributed by atoms with van der Waals surface area (Å²) in [6.07, 6.45) is 9.94. The predicted octanol–water partition coefficient (Wildman–Crippen LogP) is 4.89. The number of carbonyl (C=O) groups is 1. The number of rotatable bonds is 11. The van der Waals surface area contributed by atoms with Gasteiger partial charge in [0.25, 0.3) is 5.91 Å². The molecule has 2 atom stereocenters. The number of unbranched alkanes of at least 4 members (excludes halogenated alkanes) is 2. The molecule has 4 rings (SSSR count). The number of benzene rings is 2. The molecule has 5 nitrogen and oxygen atoms in total. The zero-order valence-electron chi connectivity index (χ0n) is 19.8. The van der Waals surface area contributed by atoms with Crippen molar-refractivity contribution in [3.05, 3.63) is 64.7 Å². The Hall–Kier alpha value is -2.37. The molecule has 5 heteroatoms. The molecule has 1 N–H and O–H groups in total. The van der Waals surface area contributed by atoms with Crippen LogP contribution in [0, 0.1) is 0 Å². The van der Waals surface area contributed by atoms with Gasteiger partial charge in [-0.1, -0.05) is 24.6 Å². The highest BCUT2D eigenvalue weighted by Crippen LogP contribution is 2.24. The fourth-order valence-corrected chi connectivity index (χ4v) is 4.78. The number of nitrogens with one attached hydrogen (secondary N) is 1. The quantitative estimate of drug-likeness (QED) is 0.494. The molecule has 1 amide bonds. The van der Waals surface area contributed by atoms with Crippen molar-refractivity contribution < 1.29 is 19.0 Å². The van der Waals surface area contributed by atoms with E-state index >= 15 is 0 Å². The summed E-state index contributed by atoms with van der Waals surface area (Å²) in [5.41, 5.74) is 4.92. The summed E-state index contributed by atoms with van der Waals surface area (Å²) in [5, 5.41) is 3.23. The van der Waals surface area contributed by atoms with Crippen molar-refractivity contribution in [2.75, 3.05) is 26.9 Å². The first-order chi connectivity index (χ1) is 16.2. The Balaban J connectivity index is 1.23. The molecule has 2 aromatic rings. The second kappa shape index (κ2) is 12.2. The Morgan fingerprint density at radius 3 is 2.73 bits per heavy atom. The lowest BCUT2D eigenvalue weighted by Gasteiger charge is -2.26. The predicted molar refractivity (Wildman–Crippen MR) is 130 cm³/mol. The van der Waals surface area contributed by atoms with E-state index in [0.29, 0.717) is 12.2 Å². The largest absolute Gasteiger partial charge is 0.491 e. The van der Waals surface area contributed by atoms with Crippen molar-refractivity contribution in [1.82, 2.24) is 5.32 Å². The van der Waals surface area contributed by atoms with E-state index in [1.54, 1.807) is 7.11 Å². The maximum Gasteiger partial charge on any atom is 0.251 e. The highest BCUT2D eigenvalue weighted by atomic mass is 16.5. The smallest absolute Gasteiger partial charge is 0.251 e. The fraction of sp³-hybridized carbons (Fsp3) is 0.536. The van der Waals surface area contributed by atoms with Crippen LogP contribution in [0.5, 0.6) is 5.75 Å². The van der Waals surface area contributed by atoms with Gasteiger partial charge in [0.2, 0.25) is 0 Å². The second-order valence-electron chi connectivity index (χ2n) is 9.29. The standard InChI is InChI=1S/C28H37NO4/c1-31-16-4-2-3-6-21-8-9-24-19-25(13-10-23(24)18-21)29-28(30)22-11-14-26(15-12-22)33-20-27-7-5-17-32-27/h8-9,11-12,14-15,18,25,27H,2-7,10,13,16-17,19-20H2,1H3,(H,29,30)/t25-,27-/m0/s1. The van der Waals surface area contributed by atoms with Gasteiger partial charge < -0.3 is 19.5 Å². The molecule has 1 saturated heterocycles. The number of amides is 1. The van der Waals surface area contributed by atoms with Crippen LogP contribution in [0.4, 0.5) is 0 Å².